The van der Waals surface area contributed by atoms with E-state index < -0.39 is 0 Å². The Morgan fingerprint density at radius 1 is 0.944 bits per heavy atom. The number of rotatable bonds is 11. The molecule has 1 heterocycles. The van der Waals surface area contributed by atoms with Gasteiger partial charge in [-0.15, -0.1) is 0 Å². The molecule has 0 aromatic carbocycles. The molecule has 0 aliphatic carbocycles. The van der Waals surface area contributed by atoms with Gasteiger partial charge in [-0.05, 0) is 31.1 Å². The van der Waals surface area contributed by atoms with Crippen molar-refractivity contribution in [2.24, 2.45) is 0 Å². The summed E-state index contributed by atoms with van der Waals surface area (Å²) in [6, 6.07) is 3.92. The molecule has 1 aromatic heterocycles. The smallest absolute Gasteiger partial charge is 0.126 e. The van der Waals surface area contributed by atoms with E-state index in [1.54, 1.807) is 6.26 Å². The summed E-state index contributed by atoms with van der Waals surface area (Å²) in [4.78, 5) is 0. The van der Waals surface area contributed by atoms with E-state index in [4.69, 9.17) is 4.42 Å². The highest BCUT2D eigenvalue weighted by molar-refractivity contribution is 5.41. The maximum absolute atomic E-state index is 5.24. The third-order valence-electron chi connectivity index (χ3n) is 3.30. The van der Waals surface area contributed by atoms with E-state index in [0.29, 0.717) is 0 Å². The van der Waals surface area contributed by atoms with Crippen molar-refractivity contribution in [1.82, 2.24) is 0 Å². The molecule has 0 aliphatic heterocycles. The molecule has 0 bridgehead atoms. The highest BCUT2D eigenvalue weighted by Gasteiger charge is 1.91. The van der Waals surface area contributed by atoms with Crippen molar-refractivity contribution in [3.8, 4) is 0 Å². The zero-order valence-corrected chi connectivity index (χ0v) is 11.9. The molecular formula is C17H28O. The molecule has 0 saturated carbocycles. The second-order valence-electron chi connectivity index (χ2n) is 5.03. The van der Waals surface area contributed by atoms with Crippen LogP contribution in [0.4, 0.5) is 0 Å². The molecule has 0 radical (unpaired) electrons. The van der Waals surface area contributed by atoms with Crippen LogP contribution in [0, 0.1) is 0 Å². The Morgan fingerprint density at radius 2 is 1.61 bits per heavy atom. The summed E-state index contributed by atoms with van der Waals surface area (Å²) in [6.07, 6.45) is 19.8. The third kappa shape index (κ3) is 8.16. The Balaban J connectivity index is 1.81. The highest BCUT2D eigenvalue weighted by atomic mass is 16.3. The van der Waals surface area contributed by atoms with Gasteiger partial charge in [-0.25, -0.2) is 0 Å². The maximum atomic E-state index is 5.24. The fourth-order valence-electron chi connectivity index (χ4n) is 2.16. The summed E-state index contributed by atoms with van der Waals surface area (Å²) in [5, 5.41) is 0. The largest absolute Gasteiger partial charge is 0.465 e. The molecule has 0 unspecified atom stereocenters. The van der Waals surface area contributed by atoms with E-state index >= 15 is 0 Å². The molecule has 0 fully saturated rings. The quantitative estimate of drug-likeness (QED) is 0.424. The minimum atomic E-state index is 0.964. The van der Waals surface area contributed by atoms with Crippen LogP contribution in [0.25, 0.3) is 6.08 Å². The maximum Gasteiger partial charge on any atom is 0.126 e. The van der Waals surface area contributed by atoms with Gasteiger partial charge in [0.05, 0.1) is 6.26 Å². The Labute approximate surface area is 112 Å². The van der Waals surface area contributed by atoms with Gasteiger partial charge in [0.25, 0.3) is 0 Å². The first kappa shape index (κ1) is 15.1. The van der Waals surface area contributed by atoms with Crippen LogP contribution in [0.1, 0.15) is 76.9 Å². The van der Waals surface area contributed by atoms with Crippen LogP contribution in [0.3, 0.4) is 0 Å². The standard InChI is InChI=1S/C17H28O/c1-2-3-4-5-6-7-8-9-10-11-12-14-17-15-13-16-18-17/h12-16H,2-11H2,1H3. The summed E-state index contributed by atoms with van der Waals surface area (Å²) < 4.78 is 5.24. The molecule has 0 spiro atoms. The van der Waals surface area contributed by atoms with E-state index in [2.05, 4.69) is 19.1 Å². The van der Waals surface area contributed by atoms with Crippen LogP contribution in [0.2, 0.25) is 0 Å². The van der Waals surface area contributed by atoms with Crippen molar-refractivity contribution in [1.29, 1.82) is 0 Å². The van der Waals surface area contributed by atoms with Gasteiger partial charge in [-0.2, -0.15) is 0 Å². The van der Waals surface area contributed by atoms with Crippen molar-refractivity contribution in [3.63, 3.8) is 0 Å². The molecule has 0 saturated heterocycles. The minimum Gasteiger partial charge on any atom is -0.465 e. The van der Waals surface area contributed by atoms with Gasteiger partial charge < -0.3 is 4.42 Å². The minimum absolute atomic E-state index is 0.964. The van der Waals surface area contributed by atoms with Crippen LogP contribution in [0.15, 0.2) is 28.9 Å². The second kappa shape index (κ2) is 11.1. The molecule has 1 rings (SSSR count). The second-order valence-corrected chi connectivity index (χ2v) is 5.03. The van der Waals surface area contributed by atoms with E-state index in [0.717, 1.165) is 5.76 Å². The first-order valence-corrected chi connectivity index (χ1v) is 7.63. The van der Waals surface area contributed by atoms with Gasteiger partial charge >= 0.3 is 0 Å². The monoisotopic (exact) mass is 248 g/mol. The molecule has 102 valence electrons. The third-order valence-corrected chi connectivity index (χ3v) is 3.30. The first-order chi connectivity index (χ1) is 8.93. The van der Waals surface area contributed by atoms with Gasteiger partial charge in [-0.1, -0.05) is 64.4 Å². The molecule has 0 N–H and O–H groups in total. The first-order valence-electron chi connectivity index (χ1n) is 7.63. The Bertz CT molecular complexity index is 285. The van der Waals surface area contributed by atoms with Crippen LogP contribution in [-0.4, -0.2) is 0 Å². The van der Waals surface area contributed by atoms with Crippen molar-refractivity contribution in [2.75, 3.05) is 0 Å². The lowest BCUT2D eigenvalue weighted by Gasteiger charge is -2.00. The molecule has 0 amide bonds. The molecule has 0 aliphatic rings. The van der Waals surface area contributed by atoms with Crippen molar-refractivity contribution >= 4 is 6.08 Å². The van der Waals surface area contributed by atoms with Crippen LogP contribution >= 0.6 is 0 Å². The number of hydrogen-bond acceptors (Lipinski definition) is 1. The van der Waals surface area contributed by atoms with Crippen molar-refractivity contribution in [3.05, 3.63) is 30.2 Å². The SMILES string of the molecule is CCCCCCCCCCCC=Cc1ccco1. The van der Waals surface area contributed by atoms with Crippen LogP contribution < -0.4 is 0 Å². The fraction of sp³-hybridized carbons (Fsp3) is 0.647. The van der Waals surface area contributed by atoms with E-state index in [-0.39, 0.29) is 0 Å². The molecule has 1 heteroatoms. The van der Waals surface area contributed by atoms with Crippen LogP contribution in [0.5, 0.6) is 0 Å². The number of unbranched alkanes of at least 4 members (excludes halogenated alkanes) is 9. The van der Waals surface area contributed by atoms with Gasteiger partial charge in [0.15, 0.2) is 0 Å². The lowest BCUT2D eigenvalue weighted by Crippen LogP contribution is -1.80. The molecular weight excluding hydrogens is 220 g/mol. The van der Waals surface area contributed by atoms with Gasteiger partial charge in [-0.3, -0.25) is 0 Å². The number of allylic oxidation sites excluding steroid dienone is 1. The van der Waals surface area contributed by atoms with Gasteiger partial charge in [0, 0.05) is 0 Å². The van der Waals surface area contributed by atoms with Gasteiger partial charge in [0.2, 0.25) is 0 Å². The van der Waals surface area contributed by atoms with E-state index in [1.807, 2.05) is 12.1 Å². The summed E-state index contributed by atoms with van der Waals surface area (Å²) in [7, 11) is 0. The zero-order valence-electron chi connectivity index (χ0n) is 11.9. The predicted octanol–water partition coefficient (Wildman–Crippen LogP) is 6.21. The van der Waals surface area contributed by atoms with Crippen LogP contribution in [-0.2, 0) is 0 Å². The van der Waals surface area contributed by atoms with Crippen molar-refractivity contribution < 1.29 is 4.42 Å². The average molecular weight is 248 g/mol. The van der Waals surface area contributed by atoms with E-state index in [9.17, 15) is 0 Å². The summed E-state index contributed by atoms with van der Waals surface area (Å²) in [5.74, 6) is 0.964. The molecule has 0 atom stereocenters. The Kier molecular flexibility index (Phi) is 9.32. The normalized spacial score (nSPS) is 11.4. The molecule has 18 heavy (non-hydrogen) atoms. The topological polar surface area (TPSA) is 13.1 Å². The molecule has 1 aromatic rings. The Morgan fingerprint density at radius 3 is 2.22 bits per heavy atom. The number of furan rings is 1. The summed E-state index contributed by atoms with van der Waals surface area (Å²) >= 11 is 0. The van der Waals surface area contributed by atoms with E-state index in [1.165, 1.54) is 64.2 Å². The Hall–Kier alpha value is -0.980. The summed E-state index contributed by atoms with van der Waals surface area (Å²) in [6.45, 7) is 2.27. The summed E-state index contributed by atoms with van der Waals surface area (Å²) in [5.41, 5.74) is 0. The fourth-order valence-corrected chi connectivity index (χ4v) is 2.16. The molecule has 1 nitrogen and oxygen atoms in total. The predicted molar refractivity (Wildman–Crippen MR) is 79.6 cm³/mol. The number of hydrogen-bond donors (Lipinski definition) is 0. The van der Waals surface area contributed by atoms with Crippen molar-refractivity contribution in [2.45, 2.75) is 71.1 Å². The lowest BCUT2D eigenvalue weighted by molar-refractivity contribution is 0.556. The highest BCUT2D eigenvalue weighted by Crippen LogP contribution is 2.11. The zero-order chi connectivity index (χ0) is 12.9. The van der Waals surface area contributed by atoms with Gasteiger partial charge in [0.1, 0.15) is 5.76 Å². The average Bonchev–Trinajstić information content (AvgIpc) is 2.89. The lowest BCUT2D eigenvalue weighted by atomic mass is 10.1.